The van der Waals surface area contributed by atoms with E-state index in [1.54, 1.807) is 0 Å². The van der Waals surface area contributed by atoms with E-state index in [1.807, 2.05) is 62.4 Å². The van der Waals surface area contributed by atoms with Crippen LogP contribution in [-0.2, 0) is 11.4 Å². The molecule has 19 heavy (non-hydrogen) atoms. The first kappa shape index (κ1) is 13.3. The number of carbonyl (C=O) groups excluding carboxylic acids is 1. The van der Waals surface area contributed by atoms with Gasteiger partial charge >= 0.3 is 0 Å². The average molecular weight is 255 g/mol. The highest BCUT2D eigenvalue weighted by molar-refractivity contribution is 5.93. The van der Waals surface area contributed by atoms with Gasteiger partial charge in [-0.2, -0.15) is 0 Å². The highest BCUT2D eigenvalue weighted by atomic mass is 16.6. The van der Waals surface area contributed by atoms with E-state index in [4.69, 9.17) is 4.84 Å². The summed E-state index contributed by atoms with van der Waals surface area (Å²) in [7, 11) is 0. The summed E-state index contributed by atoms with van der Waals surface area (Å²) in [5.41, 5.74) is 6.22. The maximum absolute atomic E-state index is 11.9. The fraction of sp³-hybridized carbons (Fsp3) is 0.188. The van der Waals surface area contributed by atoms with Gasteiger partial charge in [-0.15, -0.1) is 0 Å². The molecule has 0 aliphatic carbocycles. The summed E-state index contributed by atoms with van der Waals surface area (Å²) in [6.07, 6.45) is 0. The van der Waals surface area contributed by atoms with Gasteiger partial charge in [0.05, 0.1) is 6.61 Å². The molecule has 0 radical (unpaired) electrons. The van der Waals surface area contributed by atoms with Crippen LogP contribution in [0.2, 0.25) is 0 Å². The first-order valence-corrected chi connectivity index (χ1v) is 6.19. The van der Waals surface area contributed by atoms with Crippen molar-refractivity contribution in [3.8, 4) is 0 Å². The van der Waals surface area contributed by atoms with E-state index in [-0.39, 0.29) is 5.91 Å². The molecule has 1 amide bonds. The van der Waals surface area contributed by atoms with Crippen LogP contribution in [-0.4, -0.2) is 5.91 Å². The van der Waals surface area contributed by atoms with Crippen molar-refractivity contribution in [2.75, 3.05) is 0 Å². The second kappa shape index (κ2) is 6.16. The molecule has 2 aromatic carbocycles. The van der Waals surface area contributed by atoms with E-state index < -0.39 is 0 Å². The Balaban J connectivity index is 1.91. The molecule has 0 bridgehead atoms. The number of carbonyl (C=O) groups is 1. The normalized spacial score (nSPS) is 10.2. The van der Waals surface area contributed by atoms with Gasteiger partial charge in [0.2, 0.25) is 0 Å². The number of hydroxylamine groups is 1. The lowest BCUT2D eigenvalue weighted by Gasteiger charge is -2.07. The molecule has 3 nitrogen and oxygen atoms in total. The Morgan fingerprint density at radius 2 is 1.68 bits per heavy atom. The summed E-state index contributed by atoms with van der Waals surface area (Å²) in [5, 5.41) is 0. The number of benzene rings is 2. The fourth-order valence-corrected chi connectivity index (χ4v) is 1.92. The second-order valence-corrected chi connectivity index (χ2v) is 4.58. The summed E-state index contributed by atoms with van der Waals surface area (Å²) in [6, 6.07) is 15.4. The molecule has 0 unspecified atom stereocenters. The van der Waals surface area contributed by atoms with Crippen LogP contribution in [0.5, 0.6) is 0 Å². The number of aryl methyl sites for hydroxylation is 2. The standard InChI is InChI=1S/C16H17NO2/c1-12-8-13(2)10-15(9-12)16(18)17-19-11-14-6-4-3-5-7-14/h3-10H,11H2,1-2H3,(H,17,18). The van der Waals surface area contributed by atoms with Crippen LogP contribution in [0.4, 0.5) is 0 Å². The molecular formula is C16H17NO2. The van der Waals surface area contributed by atoms with Gasteiger partial charge in [0.25, 0.3) is 5.91 Å². The summed E-state index contributed by atoms with van der Waals surface area (Å²) in [4.78, 5) is 17.1. The number of hydrogen-bond donors (Lipinski definition) is 1. The van der Waals surface area contributed by atoms with E-state index >= 15 is 0 Å². The average Bonchev–Trinajstić information content (AvgIpc) is 2.38. The largest absolute Gasteiger partial charge is 0.274 e. The number of nitrogens with one attached hydrogen (secondary N) is 1. The zero-order valence-corrected chi connectivity index (χ0v) is 11.1. The number of rotatable bonds is 4. The van der Waals surface area contributed by atoms with Crippen molar-refractivity contribution < 1.29 is 9.63 Å². The molecule has 2 aromatic rings. The molecule has 3 heteroatoms. The molecule has 0 saturated heterocycles. The minimum atomic E-state index is -0.220. The van der Waals surface area contributed by atoms with Crippen molar-refractivity contribution in [3.63, 3.8) is 0 Å². The predicted molar refractivity (Wildman–Crippen MR) is 74.6 cm³/mol. The highest BCUT2D eigenvalue weighted by Gasteiger charge is 2.06. The van der Waals surface area contributed by atoms with Gasteiger partial charge in [0.15, 0.2) is 0 Å². The molecule has 0 atom stereocenters. The molecule has 0 aliphatic rings. The van der Waals surface area contributed by atoms with Crippen LogP contribution < -0.4 is 5.48 Å². The summed E-state index contributed by atoms with van der Waals surface area (Å²) in [6.45, 7) is 4.29. The maximum Gasteiger partial charge on any atom is 0.274 e. The van der Waals surface area contributed by atoms with Crippen LogP contribution in [0.15, 0.2) is 48.5 Å². The van der Waals surface area contributed by atoms with Crippen molar-refractivity contribution >= 4 is 5.91 Å². The molecule has 0 fully saturated rings. The van der Waals surface area contributed by atoms with Gasteiger partial charge in [-0.3, -0.25) is 9.63 Å². The van der Waals surface area contributed by atoms with Crippen LogP contribution in [0, 0.1) is 13.8 Å². The third-order valence-corrected chi connectivity index (χ3v) is 2.73. The lowest BCUT2D eigenvalue weighted by Crippen LogP contribution is -2.23. The zero-order chi connectivity index (χ0) is 13.7. The van der Waals surface area contributed by atoms with E-state index in [0.29, 0.717) is 12.2 Å². The van der Waals surface area contributed by atoms with Crippen LogP contribution in [0.1, 0.15) is 27.0 Å². The lowest BCUT2D eigenvalue weighted by molar-refractivity contribution is 0.0233. The number of hydrogen-bond acceptors (Lipinski definition) is 2. The quantitative estimate of drug-likeness (QED) is 0.852. The van der Waals surface area contributed by atoms with E-state index in [1.165, 1.54) is 0 Å². The molecule has 0 aromatic heterocycles. The van der Waals surface area contributed by atoms with Crippen molar-refractivity contribution in [2.24, 2.45) is 0 Å². The Morgan fingerprint density at radius 1 is 1.05 bits per heavy atom. The van der Waals surface area contributed by atoms with E-state index in [9.17, 15) is 4.79 Å². The Morgan fingerprint density at radius 3 is 2.32 bits per heavy atom. The first-order chi connectivity index (χ1) is 9.15. The zero-order valence-electron chi connectivity index (χ0n) is 11.1. The smallest absolute Gasteiger partial charge is 0.269 e. The summed E-state index contributed by atoms with van der Waals surface area (Å²) >= 11 is 0. The first-order valence-electron chi connectivity index (χ1n) is 6.19. The Labute approximate surface area is 113 Å². The third-order valence-electron chi connectivity index (χ3n) is 2.73. The molecular weight excluding hydrogens is 238 g/mol. The molecule has 98 valence electrons. The second-order valence-electron chi connectivity index (χ2n) is 4.58. The Hall–Kier alpha value is -2.13. The van der Waals surface area contributed by atoms with Gasteiger partial charge in [-0.25, -0.2) is 5.48 Å². The highest BCUT2D eigenvalue weighted by Crippen LogP contribution is 2.09. The minimum absolute atomic E-state index is 0.220. The molecule has 2 rings (SSSR count). The van der Waals surface area contributed by atoms with Gasteiger partial charge in [-0.1, -0.05) is 47.5 Å². The Bertz CT molecular complexity index is 544. The van der Waals surface area contributed by atoms with Gasteiger partial charge in [-0.05, 0) is 31.5 Å². The van der Waals surface area contributed by atoms with Crippen LogP contribution >= 0.6 is 0 Å². The minimum Gasteiger partial charge on any atom is -0.269 e. The van der Waals surface area contributed by atoms with Gasteiger partial charge < -0.3 is 0 Å². The van der Waals surface area contributed by atoms with E-state index in [2.05, 4.69) is 5.48 Å². The molecule has 0 spiro atoms. The Kier molecular flexibility index (Phi) is 4.31. The summed E-state index contributed by atoms with van der Waals surface area (Å²) < 4.78 is 0. The number of amides is 1. The molecule has 1 N–H and O–H groups in total. The maximum atomic E-state index is 11.9. The van der Waals surface area contributed by atoms with Crippen LogP contribution in [0.25, 0.3) is 0 Å². The molecule has 0 aliphatic heterocycles. The van der Waals surface area contributed by atoms with Gasteiger partial charge in [0.1, 0.15) is 0 Å². The van der Waals surface area contributed by atoms with Crippen molar-refractivity contribution in [1.29, 1.82) is 0 Å². The van der Waals surface area contributed by atoms with Crippen molar-refractivity contribution in [1.82, 2.24) is 5.48 Å². The molecule has 0 heterocycles. The van der Waals surface area contributed by atoms with Crippen molar-refractivity contribution in [2.45, 2.75) is 20.5 Å². The van der Waals surface area contributed by atoms with Gasteiger partial charge in [0, 0.05) is 5.56 Å². The third kappa shape index (κ3) is 3.93. The van der Waals surface area contributed by atoms with Crippen molar-refractivity contribution in [3.05, 3.63) is 70.8 Å². The molecule has 0 saturated carbocycles. The SMILES string of the molecule is Cc1cc(C)cc(C(=O)NOCc2ccccc2)c1. The predicted octanol–water partition coefficient (Wildman–Crippen LogP) is 3.17. The van der Waals surface area contributed by atoms with Crippen LogP contribution in [0.3, 0.4) is 0 Å². The summed E-state index contributed by atoms with van der Waals surface area (Å²) in [5.74, 6) is -0.220. The van der Waals surface area contributed by atoms with E-state index in [0.717, 1.165) is 16.7 Å². The fourth-order valence-electron chi connectivity index (χ4n) is 1.92. The topological polar surface area (TPSA) is 38.3 Å². The lowest BCUT2D eigenvalue weighted by atomic mass is 10.1. The monoisotopic (exact) mass is 255 g/mol.